The van der Waals surface area contributed by atoms with Gasteiger partial charge in [-0.2, -0.15) is 0 Å². The maximum absolute atomic E-state index is 13.1. The second-order valence-electron chi connectivity index (χ2n) is 6.54. The third-order valence-electron chi connectivity index (χ3n) is 4.72. The largest absolute Gasteiger partial charge is 0.497 e. The molecule has 0 aliphatic carbocycles. The van der Waals surface area contributed by atoms with Crippen molar-refractivity contribution in [1.29, 1.82) is 0 Å². The van der Waals surface area contributed by atoms with Crippen LogP contribution in [-0.4, -0.2) is 42.2 Å². The summed E-state index contributed by atoms with van der Waals surface area (Å²) in [5, 5.41) is 0.976. The third kappa shape index (κ3) is 3.46. The molecule has 0 unspecified atom stereocenters. The van der Waals surface area contributed by atoms with E-state index in [1.165, 1.54) is 0 Å². The molecular formula is C20H22N2O4. The fraction of sp³-hybridized carbons (Fsp3) is 0.350. The van der Waals surface area contributed by atoms with E-state index in [0.29, 0.717) is 18.8 Å². The number of benzene rings is 1. The Balaban J connectivity index is 1.59. The zero-order valence-corrected chi connectivity index (χ0v) is 14.7. The normalized spacial score (nSPS) is 16.9. The highest BCUT2D eigenvalue weighted by Crippen LogP contribution is 2.23. The first-order valence-corrected chi connectivity index (χ1v) is 8.83. The summed E-state index contributed by atoms with van der Waals surface area (Å²) in [4.78, 5) is 18.2. The van der Waals surface area contributed by atoms with Crippen molar-refractivity contribution in [1.82, 2.24) is 9.88 Å². The van der Waals surface area contributed by atoms with Crippen molar-refractivity contribution >= 4 is 16.8 Å². The molecule has 1 saturated heterocycles. The lowest BCUT2D eigenvalue weighted by Crippen LogP contribution is -2.37. The Kier molecular flexibility index (Phi) is 4.67. The lowest BCUT2D eigenvalue weighted by Gasteiger charge is -2.24. The van der Waals surface area contributed by atoms with Gasteiger partial charge in [0.1, 0.15) is 17.2 Å². The minimum atomic E-state index is -0.0629. The number of methoxy groups -OCH3 is 1. The zero-order chi connectivity index (χ0) is 17.9. The highest BCUT2D eigenvalue weighted by Gasteiger charge is 2.25. The molecule has 1 N–H and O–H groups in total. The van der Waals surface area contributed by atoms with E-state index in [1.54, 1.807) is 18.3 Å². The van der Waals surface area contributed by atoms with E-state index in [1.807, 2.05) is 36.4 Å². The summed E-state index contributed by atoms with van der Waals surface area (Å²) in [5.74, 6) is 1.45. The van der Waals surface area contributed by atoms with Crippen molar-refractivity contribution in [3.05, 3.63) is 54.1 Å². The van der Waals surface area contributed by atoms with Gasteiger partial charge in [-0.1, -0.05) is 0 Å². The van der Waals surface area contributed by atoms with Crippen LogP contribution in [-0.2, 0) is 11.3 Å². The van der Waals surface area contributed by atoms with Gasteiger partial charge in [-0.15, -0.1) is 0 Å². The summed E-state index contributed by atoms with van der Waals surface area (Å²) >= 11 is 0. The monoisotopic (exact) mass is 354 g/mol. The molecule has 1 amide bonds. The van der Waals surface area contributed by atoms with E-state index in [9.17, 15) is 4.79 Å². The number of nitrogens with zero attached hydrogens (tertiary/aromatic N) is 1. The lowest BCUT2D eigenvalue weighted by atomic mass is 10.2. The molecule has 3 heterocycles. The summed E-state index contributed by atoms with van der Waals surface area (Å²) in [6, 6.07) is 11.3. The molecule has 1 aliphatic rings. The predicted octanol–water partition coefficient (Wildman–Crippen LogP) is 3.59. The smallest absolute Gasteiger partial charge is 0.270 e. The molecule has 3 aromatic rings. The van der Waals surface area contributed by atoms with Crippen LogP contribution in [0.25, 0.3) is 10.9 Å². The number of furan rings is 1. The van der Waals surface area contributed by atoms with Gasteiger partial charge in [-0.25, -0.2) is 0 Å². The summed E-state index contributed by atoms with van der Waals surface area (Å²) in [7, 11) is 1.63. The molecule has 0 radical (unpaired) electrons. The van der Waals surface area contributed by atoms with Crippen LogP contribution in [0.2, 0.25) is 0 Å². The van der Waals surface area contributed by atoms with Gasteiger partial charge in [0.05, 0.1) is 26.0 Å². The van der Waals surface area contributed by atoms with Crippen LogP contribution in [0.15, 0.2) is 47.1 Å². The number of fused-ring (bicyclic) bond motifs is 1. The van der Waals surface area contributed by atoms with Crippen LogP contribution in [0.4, 0.5) is 0 Å². The fourth-order valence-corrected chi connectivity index (χ4v) is 3.36. The highest BCUT2D eigenvalue weighted by atomic mass is 16.5. The molecule has 26 heavy (non-hydrogen) atoms. The Morgan fingerprint density at radius 2 is 2.27 bits per heavy atom. The number of hydrogen-bond acceptors (Lipinski definition) is 4. The van der Waals surface area contributed by atoms with Crippen LogP contribution in [0, 0.1) is 0 Å². The molecule has 1 aliphatic heterocycles. The number of H-pyrrole nitrogens is 1. The molecule has 2 aromatic heterocycles. The van der Waals surface area contributed by atoms with Gasteiger partial charge in [0.2, 0.25) is 0 Å². The Bertz CT molecular complexity index is 878. The number of aromatic amines is 1. The third-order valence-corrected chi connectivity index (χ3v) is 4.72. The summed E-state index contributed by atoms with van der Waals surface area (Å²) in [6.07, 6.45) is 3.73. The van der Waals surface area contributed by atoms with Crippen LogP contribution in [0.1, 0.15) is 29.1 Å². The SMILES string of the molecule is COc1ccc2cc(C(=O)N(Cc3ccco3)C[C@@H]3CCCO3)[nH]c2c1. The number of aromatic nitrogens is 1. The Labute approximate surface area is 151 Å². The van der Waals surface area contributed by atoms with E-state index < -0.39 is 0 Å². The van der Waals surface area contributed by atoms with Crippen molar-refractivity contribution in [3.8, 4) is 5.75 Å². The maximum atomic E-state index is 13.1. The summed E-state index contributed by atoms with van der Waals surface area (Å²) in [5.41, 5.74) is 1.43. The molecule has 1 fully saturated rings. The average Bonchev–Trinajstić information content (AvgIpc) is 3.41. The van der Waals surface area contributed by atoms with Gasteiger partial charge in [0, 0.05) is 30.1 Å². The number of carbonyl (C=O) groups is 1. The van der Waals surface area contributed by atoms with Gasteiger partial charge < -0.3 is 23.8 Å². The van der Waals surface area contributed by atoms with E-state index in [4.69, 9.17) is 13.9 Å². The maximum Gasteiger partial charge on any atom is 0.270 e. The second-order valence-corrected chi connectivity index (χ2v) is 6.54. The number of nitrogens with one attached hydrogen (secondary N) is 1. The second kappa shape index (κ2) is 7.25. The number of amides is 1. The average molecular weight is 354 g/mol. The summed E-state index contributed by atoms with van der Waals surface area (Å²) < 4.78 is 16.4. The van der Waals surface area contributed by atoms with E-state index >= 15 is 0 Å². The molecule has 0 bridgehead atoms. The molecule has 6 nitrogen and oxygen atoms in total. The molecular weight excluding hydrogens is 332 g/mol. The van der Waals surface area contributed by atoms with E-state index in [2.05, 4.69) is 4.98 Å². The summed E-state index contributed by atoms with van der Waals surface area (Å²) in [6.45, 7) is 1.74. The highest BCUT2D eigenvalue weighted by molar-refractivity contribution is 5.98. The Morgan fingerprint density at radius 1 is 1.35 bits per heavy atom. The van der Waals surface area contributed by atoms with Gasteiger partial charge in [-0.05, 0) is 43.2 Å². The first kappa shape index (κ1) is 16.7. The van der Waals surface area contributed by atoms with Gasteiger partial charge in [-0.3, -0.25) is 4.79 Å². The van der Waals surface area contributed by atoms with Crippen LogP contribution in [0.5, 0.6) is 5.75 Å². The van der Waals surface area contributed by atoms with Gasteiger partial charge in [0.15, 0.2) is 0 Å². The first-order valence-electron chi connectivity index (χ1n) is 8.83. The molecule has 136 valence electrons. The molecule has 1 atom stereocenters. The van der Waals surface area contributed by atoms with Gasteiger partial charge >= 0.3 is 0 Å². The Hall–Kier alpha value is -2.73. The van der Waals surface area contributed by atoms with E-state index in [-0.39, 0.29) is 12.0 Å². The van der Waals surface area contributed by atoms with Crippen molar-refractivity contribution in [2.45, 2.75) is 25.5 Å². The predicted molar refractivity (Wildman–Crippen MR) is 97.3 cm³/mol. The number of rotatable bonds is 6. The van der Waals surface area contributed by atoms with Crippen molar-refractivity contribution < 1.29 is 18.7 Å². The number of hydrogen-bond donors (Lipinski definition) is 1. The van der Waals surface area contributed by atoms with Gasteiger partial charge in [0.25, 0.3) is 5.91 Å². The number of ether oxygens (including phenoxy) is 2. The molecule has 6 heteroatoms. The standard InChI is InChI=1S/C20H22N2O4/c1-24-15-7-6-14-10-19(21-18(14)11-15)20(23)22(12-16-4-2-8-25-16)13-17-5-3-9-26-17/h2,4,6-8,10-11,17,21H,3,5,9,12-13H2,1H3/t17-/m0/s1. The minimum absolute atomic E-state index is 0.0629. The molecule has 0 saturated carbocycles. The topological polar surface area (TPSA) is 67.7 Å². The van der Waals surface area contributed by atoms with Crippen molar-refractivity contribution in [2.75, 3.05) is 20.3 Å². The fourth-order valence-electron chi connectivity index (χ4n) is 3.36. The number of carbonyl (C=O) groups excluding carboxylic acids is 1. The lowest BCUT2D eigenvalue weighted by molar-refractivity contribution is 0.0488. The minimum Gasteiger partial charge on any atom is -0.497 e. The van der Waals surface area contributed by atoms with Crippen LogP contribution in [0.3, 0.4) is 0 Å². The van der Waals surface area contributed by atoms with Crippen LogP contribution >= 0.6 is 0 Å². The van der Waals surface area contributed by atoms with Crippen molar-refractivity contribution in [3.63, 3.8) is 0 Å². The molecule has 0 spiro atoms. The quantitative estimate of drug-likeness (QED) is 0.734. The van der Waals surface area contributed by atoms with Crippen molar-refractivity contribution in [2.24, 2.45) is 0 Å². The molecule has 4 rings (SSSR count). The first-order chi connectivity index (χ1) is 12.7. The Morgan fingerprint density at radius 3 is 3.00 bits per heavy atom. The van der Waals surface area contributed by atoms with Crippen LogP contribution < -0.4 is 4.74 Å². The van der Waals surface area contributed by atoms with E-state index in [0.717, 1.165) is 41.9 Å². The zero-order valence-electron chi connectivity index (χ0n) is 14.7. The molecule has 1 aromatic carbocycles.